The van der Waals surface area contributed by atoms with Gasteiger partial charge in [0.2, 0.25) is 0 Å². The second kappa shape index (κ2) is 6.71. The summed E-state index contributed by atoms with van der Waals surface area (Å²) in [6.45, 7) is 2.39. The highest BCUT2D eigenvalue weighted by Gasteiger charge is 2.16. The van der Waals surface area contributed by atoms with E-state index < -0.39 is 5.97 Å². The first kappa shape index (κ1) is 15.5. The highest BCUT2D eigenvalue weighted by Crippen LogP contribution is 2.20. The Morgan fingerprint density at radius 1 is 1.52 bits per heavy atom. The molecular weight excluding hydrogens is 341 g/mol. The van der Waals surface area contributed by atoms with Gasteiger partial charge in [0, 0.05) is 12.7 Å². The number of benzene rings is 1. The number of carbonyl (C=O) groups is 1. The summed E-state index contributed by atoms with van der Waals surface area (Å²) in [5, 5.41) is 7.12. The average molecular weight is 356 g/mol. The Morgan fingerprint density at radius 3 is 2.95 bits per heavy atom. The Bertz CT molecular complexity index is 658. The zero-order chi connectivity index (χ0) is 15.4. The summed E-state index contributed by atoms with van der Waals surface area (Å²) in [4.78, 5) is 11.8. The summed E-state index contributed by atoms with van der Waals surface area (Å²) in [5.41, 5.74) is 1.70. The number of ether oxygens (including phenoxy) is 1. The summed E-state index contributed by atoms with van der Waals surface area (Å²) in [6.07, 6.45) is 1.47. The number of aryl methyl sites for hydroxylation is 1. The van der Waals surface area contributed by atoms with Crippen LogP contribution in [0.3, 0.4) is 0 Å². The molecule has 5 nitrogen and oxygen atoms in total. The van der Waals surface area contributed by atoms with Crippen molar-refractivity contribution in [3.63, 3.8) is 0 Å². The molecule has 0 saturated carbocycles. The molecule has 2 rings (SSSR count). The lowest BCUT2D eigenvalue weighted by Gasteiger charge is -2.09. The molecule has 0 saturated heterocycles. The first-order valence-corrected chi connectivity index (χ1v) is 7.19. The number of hydrogen-bond donors (Lipinski definition) is 1. The van der Waals surface area contributed by atoms with Crippen LogP contribution in [0.5, 0.6) is 0 Å². The first-order valence-electron chi connectivity index (χ1n) is 6.39. The Labute approximate surface area is 130 Å². The smallest absolute Gasteiger partial charge is 0.341 e. The Balaban J connectivity index is 2.14. The zero-order valence-electron chi connectivity index (χ0n) is 11.7. The van der Waals surface area contributed by atoms with Gasteiger partial charge >= 0.3 is 5.97 Å². The maximum absolute atomic E-state index is 13.5. The van der Waals surface area contributed by atoms with Crippen LogP contribution in [0.25, 0.3) is 0 Å². The van der Waals surface area contributed by atoms with Gasteiger partial charge in [-0.15, -0.1) is 0 Å². The third kappa shape index (κ3) is 3.60. The molecule has 0 aliphatic carbocycles. The number of rotatable bonds is 5. The number of carbonyl (C=O) groups excluding carboxylic acids is 1. The highest BCUT2D eigenvalue weighted by molar-refractivity contribution is 9.10. The largest absolute Gasteiger partial charge is 0.462 e. The Morgan fingerprint density at radius 2 is 2.29 bits per heavy atom. The fourth-order valence-corrected chi connectivity index (χ4v) is 2.09. The number of esters is 1. The SMILES string of the molecule is CCOC(=O)c1cnn(C)c1CNc1ccc(Br)c(F)c1. The normalized spacial score (nSPS) is 10.5. The van der Waals surface area contributed by atoms with Gasteiger partial charge in [0.1, 0.15) is 11.4 Å². The highest BCUT2D eigenvalue weighted by atomic mass is 79.9. The molecule has 7 heteroatoms. The molecule has 0 aliphatic heterocycles. The van der Waals surface area contributed by atoms with Gasteiger partial charge in [-0.1, -0.05) is 0 Å². The van der Waals surface area contributed by atoms with E-state index in [9.17, 15) is 9.18 Å². The van der Waals surface area contributed by atoms with Crippen LogP contribution in [0.4, 0.5) is 10.1 Å². The number of nitrogens with one attached hydrogen (secondary N) is 1. The van der Waals surface area contributed by atoms with Gasteiger partial charge in [0.15, 0.2) is 0 Å². The van der Waals surface area contributed by atoms with Crippen molar-refractivity contribution in [3.8, 4) is 0 Å². The van der Waals surface area contributed by atoms with Crippen molar-refractivity contribution >= 4 is 27.6 Å². The second-order valence-electron chi connectivity index (χ2n) is 4.33. The predicted molar refractivity (Wildman–Crippen MR) is 80.6 cm³/mol. The maximum atomic E-state index is 13.5. The maximum Gasteiger partial charge on any atom is 0.341 e. The van der Waals surface area contributed by atoms with E-state index in [1.54, 1.807) is 30.8 Å². The average Bonchev–Trinajstić information content (AvgIpc) is 2.82. The van der Waals surface area contributed by atoms with Gasteiger partial charge in [-0.2, -0.15) is 5.10 Å². The molecule has 0 amide bonds. The fourth-order valence-electron chi connectivity index (χ4n) is 1.84. The molecule has 112 valence electrons. The Hall–Kier alpha value is -1.89. The van der Waals surface area contributed by atoms with Crippen molar-refractivity contribution in [1.29, 1.82) is 0 Å². The van der Waals surface area contributed by atoms with Gasteiger partial charge in [0.25, 0.3) is 0 Å². The molecule has 2 aromatic rings. The third-order valence-electron chi connectivity index (χ3n) is 2.94. The molecule has 1 heterocycles. The standard InChI is InChI=1S/C14H15BrFN3O2/c1-3-21-14(20)10-7-18-19(2)13(10)8-17-9-4-5-11(15)12(16)6-9/h4-7,17H,3,8H2,1-2H3. The molecule has 0 fully saturated rings. The van der Waals surface area contributed by atoms with Crippen molar-refractivity contribution in [3.05, 3.63) is 45.9 Å². The van der Waals surface area contributed by atoms with E-state index in [-0.39, 0.29) is 5.82 Å². The van der Waals surface area contributed by atoms with Crippen molar-refractivity contribution in [2.24, 2.45) is 7.05 Å². The van der Waals surface area contributed by atoms with Crippen LogP contribution in [-0.2, 0) is 18.3 Å². The summed E-state index contributed by atoms with van der Waals surface area (Å²) in [6, 6.07) is 4.74. The van der Waals surface area contributed by atoms with E-state index in [2.05, 4.69) is 26.3 Å². The number of nitrogens with zero attached hydrogens (tertiary/aromatic N) is 2. The van der Waals surface area contributed by atoms with Gasteiger partial charge < -0.3 is 10.1 Å². The monoisotopic (exact) mass is 355 g/mol. The van der Waals surface area contributed by atoms with E-state index in [1.807, 2.05) is 0 Å². The van der Waals surface area contributed by atoms with Crippen molar-refractivity contribution < 1.29 is 13.9 Å². The van der Waals surface area contributed by atoms with Crippen LogP contribution in [0.15, 0.2) is 28.9 Å². The number of anilines is 1. The molecule has 1 aromatic carbocycles. The molecule has 21 heavy (non-hydrogen) atoms. The van der Waals surface area contributed by atoms with Crippen LogP contribution in [0.2, 0.25) is 0 Å². The van der Waals surface area contributed by atoms with E-state index in [0.717, 1.165) is 0 Å². The first-order chi connectivity index (χ1) is 10.0. The van der Waals surface area contributed by atoms with Crippen molar-refractivity contribution in [2.75, 3.05) is 11.9 Å². The van der Waals surface area contributed by atoms with E-state index in [0.29, 0.717) is 34.6 Å². The van der Waals surface area contributed by atoms with Gasteiger partial charge in [-0.3, -0.25) is 4.68 Å². The quantitative estimate of drug-likeness (QED) is 0.837. The van der Waals surface area contributed by atoms with E-state index in [1.165, 1.54) is 12.3 Å². The molecule has 0 atom stereocenters. The summed E-state index contributed by atoms with van der Waals surface area (Å²) in [7, 11) is 1.74. The summed E-state index contributed by atoms with van der Waals surface area (Å²) < 4.78 is 20.4. The summed E-state index contributed by atoms with van der Waals surface area (Å²) in [5.74, 6) is -0.764. The molecule has 0 spiro atoms. The minimum Gasteiger partial charge on any atom is -0.462 e. The van der Waals surface area contributed by atoms with E-state index in [4.69, 9.17) is 4.74 Å². The lowest BCUT2D eigenvalue weighted by Crippen LogP contribution is -2.12. The topological polar surface area (TPSA) is 56.1 Å². The number of aromatic nitrogens is 2. The Kier molecular flexibility index (Phi) is 4.95. The van der Waals surface area contributed by atoms with Crippen LogP contribution in [0.1, 0.15) is 23.0 Å². The lowest BCUT2D eigenvalue weighted by molar-refractivity contribution is 0.0525. The predicted octanol–water partition coefficient (Wildman–Crippen LogP) is 3.11. The van der Waals surface area contributed by atoms with Crippen LogP contribution in [-0.4, -0.2) is 22.4 Å². The molecule has 0 radical (unpaired) electrons. The molecule has 0 aliphatic rings. The fraction of sp³-hybridized carbons (Fsp3) is 0.286. The molecule has 0 bridgehead atoms. The molecule has 1 aromatic heterocycles. The number of halogens is 2. The van der Waals surface area contributed by atoms with Gasteiger partial charge in [-0.05, 0) is 41.1 Å². The minimum atomic E-state index is -0.413. The van der Waals surface area contributed by atoms with Crippen molar-refractivity contribution in [1.82, 2.24) is 9.78 Å². The van der Waals surface area contributed by atoms with Crippen LogP contribution >= 0.6 is 15.9 Å². The van der Waals surface area contributed by atoms with E-state index >= 15 is 0 Å². The summed E-state index contributed by atoms with van der Waals surface area (Å²) >= 11 is 3.10. The lowest BCUT2D eigenvalue weighted by atomic mass is 10.2. The molecule has 1 N–H and O–H groups in total. The second-order valence-corrected chi connectivity index (χ2v) is 5.19. The van der Waals surface area contributed by atoms with Crippen LogP contribution < -0.4 is 5.32 Å². The third-order valence-corrected chi connectivity index (χ3v) is 3.58. The zero-order valence-corrected chi connectivity index (χ0v) is 13.3. The van der Waals surface area contributed by atoms with Gasteiger partial charge in [0.05, 0.1) is 29.5 Å². The molecular formula is C14H15BrFN3O2. The molecule has 0 unspecified atom stereocenters. The van der Waals surface area contributed by atoms with Crippen LogP contribution in [0, 0.1) is 5.82 Å². The van der Waals surface area contributed by atoms with Crippen molar-refractivity contribution in [2.45, 2.75) is 13.5 Å². The minimum absolute atomic E-state index is 0.304. The van der Waals surface area contributed by atoms with Gasteiger partial charge in [-0.25, -0.2) is 9.18 Å². The number of hydrogen-bond acceptors (Lipinski definition) is 4.